The van der Waals surface area contributed by atoms with Crippen LogP contribution in [0, 0.1) is 5.92 Å². The van der Waals surface area contributed by atoms with Gasteiger partial charge in [0.2, 0.25) is 15.9 Å². The summed E-state index contributed by atoms with van der Waals surface area (Å²) in [5.74, 6) is -1.76. The average molecular weight is 394 g/mol. The lowest BCUT2D eigenvalue weighted by molar-refractivity contribution is -0.119. The van der Waals surface area contributed by atoms with E-state index in [1.54, 1.807) is 25.4 Å². The molecule has 0 spiro atoms. The lowest BCUT2D eigenvalue weighted by Crippen LogP contribution is -2.30. The van der Waals surface area contributed by atoms with Gasteiger partial charge in [-0.15, -0.1) is 0 Å². The zero-order valence-corrected chi connectivity index (χ0v) is 15.4. The van der Waals surface area contributed by atoms with E-state index >= 15 is 0 Å². The summed E-state index contributed by atoms with van der Waals surface area (Å²) in [7, 11) is -3.72. The number of hydrogen-bond acceptors (Lipinski definition) is 5. The molecule has 2 heterocycles. The third-order valence-corrected chi connectivity index (χ3v) is 6.15. The van der Waals surface area contributed by atoms with E-state index in [0.29, 0.717) is 0 Å². The van der Waals surface area contributed by atoms with E-state index in [-0.39, 0.29) is 28.6 Å². The minimum atomic E-state index is -3.72. The van der Waals surface area contributed by atoms with Gasteiger partial charge in [0, 0.05) is 18.9 Å². The van der Waals surface area contributed by atoms with E-state index in [9.17, 15) is 18.0 Å². The van der Waals surface area contributed by atoms with Crippen molar-refractivity contribution in [1.29, 1.82) is 0 Å². The van der Waals surface area contributed by atoms with E-state index in [1.165, 1.54) is 18.2 Å². The van der Waals surface area contributed by atoms with Crippen molar-refractivity contribution < 1.29 is 18.0 Å². The number of benzene rings is 1. The summed E-state index contributed by atoms with van der Waals surface area (Å²) in [5, 5.41) is 2.78. The molecule has 0 bridgehead atoms. The predicted octanol–water partition coefficient (Wildman–Crippen LogP) is 1.98. The maximum atomic E-state index is 12.3. The number of nitrogens with zero attached hydrogens (tertiary/aromatic N) is 2. The lowest BCUT2D eigenvalue weighted by atomic mass is 10.1. The van der Waals surface area contributed by atoms with Gasteiger partial charge in [-0.2, -0.15) is 0 Å². The van der Waals surface area contributed by atoms with E-state index in [1.807, 2.05) is 6.07 Å². The number of rotatable bonds is 4. The number of carbonyl (C=O) groups excluding carboxylic acids is 2. The van der Waals surface area contributed by atoms with E-state index < -0.39 is 27.8 Å². The highest BCUT2D eigenvalue weighted by Crippen LogP contribution is 2.31. The summed E-state index contributed by atoms with van der Waals surface area (Å²) in [4.78, 5) is 28.4. The third-order valence-electron chi connectivity index (χ3n) is 3.97. The lowest BCUT2D eigenvalue weighted by Gasteiger charge is -2.16. The molecule has 136 valence electrons. The van der Waals surface area contributed by atoms with Gasteiger partial charge in [0.15, 0.2) is 0 Å². The molecular formula is C17H16ClN3O4S. The smallest absolute Gasteiger partial charge is 0.253 e. The second kappa shape index (κ2) is 7.05. The second-order valence-electron chi connectivity index (χ2n) is 5.99. The third kappa shape index (κ3) is 3.56. The molecule has 1 N–H and O–H groups in total. The van der Waals surface area contributed by atoms with Crippen LogP contribution < -0.4 is 9.62 Å². The number of amides is 2. The molecule has 3 rings (SSSR count). The van der Waals surface area contributed by atoms with Crippen LogP contribution in [0.3, 0.4) is 0 Å². The normalized spacial score (nSPS) is 18.8. The van der Waals surface area contributed by atoms with Crippen LogP contribution in [0.15, 0.2) is 42.7 Å². The monoisotopic (exact) mass is 393 g/mol. The van der Waals surface area contributed by atoms with Gasteiger partial charge in [-0.1, -0.05) is 24.6 Å². The molecule has 1 aromatic carbocycles. The van der Waals surface area contributed by atoms with Crippen molar-refractivity contribution >= 4 is 39.1 Å². The first-order valence-corrected chi connectivity index (χ1v) is 9.82. The maximum absolute atomic E-state index is 12.3. The van der Waals surface area contributed by atoms with Crippen LogP contribution in [0.25, 0.3) is 0 Å². The first kappa shape index (κ1) is 18.3. The first-order valence-electron chi connectivity index (χ1n) is 7.83. The molecular weight excluding hydrogens is 378 g/mol. The summed E-state index contributed by atoms with van der Waals surface area (Å²) in [6.07, 6.45) is 3.27. The van der Waals surface area contributed by atoms with E-state index in [0.717, 1.165) is 9.87 Å². The fourth-order valence-corrected chi connectivity index (χ4v) is 4.75. The van der Waals surface area contributed by atoms with Crippen LogP contribution in [0.1, 0.15) is 22.8 Å². The zero-order valence-electron chi connectivity index (χ0n) is 13.8. The number of hydrogen-bond donors (Lipinski definition) is 1. The molecule has 1 saturated heterocycles. The molecule has 0 unspecified atom stereocenters. The van der Waals surface area contributed by atoms with Crippen molar-refractivity contribution in [2.45, 2.75) is 13.5 Å². The molecule has 0 radical (unpaired) electrons. The Hall–Kier alpha value is -2.45. The maximum Gasteiger partial charge on any atom is 0.253 e. The van der Waals surface area contributed by atoms with Crippen molar-refractivity contribution in [3.63, 3.8) is 0 Å². The molecule has 0 saturated carbocycles. The molecule has 1 fully saturated rings. The molecule has 1 atom stereocenters. The standard InChI is InChI=1S/C17H16ClN3O4S/c1-11-10-26(24,25)21(17(11)23)13-4-5-14(15(18)7-13)16(22)20-9-12-3-2-6-19-8-12/h2-8,11H,9-10H2,1H3,(H,20,22)/t11-/m1/s1. The number of halogens is 1. The van der Waals surface area contributed by atoms with Crippen molar-refractivity contribution in [3.05, 3.63) is 58.9 Å². The predicted molar refractivity (Wildman–Crippen MR) is 97.3 cm³/mol. The highest BCUT2D eigenvalue weighted by molar-refractivity contribution is 7.94. The number of aromatic nitrogens is 1. The van der Waals surface area contributed by atoms with Crippen LogP contribution in [-0.4, -0.2) is 31.0 Å². The van der Waals surface area contributed by atoms with Crippen LogP contribution in [0.4, 0.5) is 5.69 Å². The van der Waals surface area contributed by atoms with Crippen LogP contribution in [0.2, 0.25) is 5.02 Å². The van der Waals surface area contributed by atoms with Crippen molar-refractivity contribution in [1.82, 2.24) is 10.3 Å². The van der Waals surface area contributed by atoms with E-state index in [2.05, 4.69) is 10.3 Å². The Morgan fingerprint density at radius 1 is 1.38 bits per heavy atom. The van der Waals surface area contributed by atoms with Gasteiger partial charge in [-0.25, -0.2) is 12.7 Å². The number of pyridine rings is 1. The van der Waals surface area contributed by atoms with Gasteiger partial charge in [0.05, 0.1) is 27.9 Å². The highest BCUT2D eigenvalue weighted by atomic mass is 35.5. The Morgan fingerprint density at radius 3 is 2.73 bits per heavy atom. The molecule has 9 heteroatoms. The van der Waals surface area contributed by atoms with Crippen LogP contribution >= 0.6 is 11.6 Å². The SMILES string of the molecule is C[C@@H]1CS(=O)(=O)N(c2ccc(C(=O)NCc3cccnc3)c(Cl)c2)C1=O. The molecule has 2 aromatic rings. The molecule has 2 amide bonds. The first-order chi connectivity index (χ1) is 12.3. The Balaban J connectivity index is 1.79. The van der Waals surface area contributed by atoms with Gasteiger partial charge in [-0.3, -0.25) is 14.6 Å². The fourth-order valence-electron chi connectivity index (χ4n) is 2.68. The van der Waals surface area contributed by atoms with Crippen LogP contribution in [-0.2, 0) is 21.4 Å². The largest absolute Gasteiger partial charge is 0.348 e. The van der Waals surface area contributed by atoms with Crippen molar-refractivity contribution in [2.75, 3.05) is 10.1 Å². The molecule has 0 aliphatic carbocycles. The van der Waals surface area contributed by atoms with Crippen molar-refractivity contribution in [3.8, 4) is 0 Å². The minimum Gasteiger partial charge on any atom is -0.348 e. The van der Waals surface area contributed by atoms with Gasteiger partial charge >= 0.3 is 0 Å². The average Bonchev–Trinajstić information content (AvgIpc) is 2.80. The topological polar surface area (TPSA) is 96.4 Å². The van der Waals surface area contributed by atoms with Gasteiger partial charge in [-0.05, 0) is 29.8 Å². The summed E-state index contributed by atoms with van der Waals surface area (Å²) in [6, 6.07) is 7.70. The summed E-state index contributed by atoms with van der Waals surface area (Å²) >= 11 is 6.16. The Labute approximate surface area is 156 Å². The zero-order chi connectivity index (χ0) is 18.9. The summed E-state index contributed by atoms with van der Waals surface area (Å²) in [6.45, 7) is 1.84. The minimum absolute atomic E-state index is 0.0636. The molecule has 1 aromatic heterocycles. The number of anilines is 1. The number of sulfonamides is 1. The summed E-state index contributed by atoms with van der Waals surface area (Å²) < 4.78 is 25.0. The second-order valence-corrected chi connectivity index (χ2v) is 8.26. The van der Waals surface area contributed by atoms with Gasteiger partial charge in [0.1, 0.15) is 0 Å². The van der Waals surface area contributed by atoms with Gasteiger partial charge < -0.3 is 5.32 Å². The highest BCUT2D eigenvalue weighted by Gasteiger charge is 2.42. The Bertz CT molecular complexity index is 963. The quantitative estimate of drug-likeness (QED) is 0.856. The van der Waals surface area contributed by atoms with Crippen molar-refractivity contribution in [2.24, 2.45) is 5.92 Å². The Kier molecular flexibility index (Phi) is 4.97. The number of nitrogens with one attached hydrogen (secondary N) is 1. The molecule has 26 heavy (non-hydrogen) atoms. The Morgan fingerprint density at radius 2 is 2.15 bits per heavy atom. The van der Waals surface area contributed by atoms with E-state index in [4.69, 9.17) is 11.6 Å². The fraction of sp³-hybridized carbons (Fsp3) is 0.235. The molecule has 1 aliphatic heterocycles. The van der Waals surface area contributed by atoms with Crippen LogP contribution in [0.5, 0.6) is 0 Å². The molecule has 7 nitrogen and oxygen atoms in total. The summed E-state index contributed by atoms with van der Waals surface area (Å²) in [5.41, 5.74) is 1.15. The number of carbonyl (C=O) groups is 2. The van der Waals surface area contributed by atoms with Gasteiger partial charge in [0.25, 0.3) is 5.91 Å². The molecule has 1 aliphatic rings.